The second-order valence-corrected chi connectivity index (χ2v) is 6.69. The van der Waals surface area contributed by atoms with Crippen molar-refractivity contribution >= 4 is 5.97 Å². The van der Waals surface area contributed by atoms with Crippen molar-refractivity contribution in [3.8, 4) is 17.2 Å². The van der Waals surface area contributed by atoms with E-state index in [9.17, 15) is 9.90 Å². The predicted octanol–water partition coefficient (Wildman–Crippen LogP) is 3.14. The molecule has 1 fully saturated rings. The summed E-state index contributed by atoms with van der Waals surface area (Å²) in [5.74, 6) is 0.891. The smallest absolute Gasteiger partial charge is 0.320 e. The van der Waals surface area contributed by atoms with E-state index >= 15 is 0 Å². The van der Waals surface area contributed by atoms with Gasteiger partial charge >= 0.3 is 5.97 Å². The maximum absolute atomic E-state index is 12.0. The molecule has 2 atom stereocenters. The zero-order chi connectivity index (χ0) is 20.1. The van der Waals surface area contributed by atoms with E-state index in [4.69, 9.17) is 14.2 Å². The number of carbonyl (C=O) groups is 1. The molecular formula is C21H26N2O5. The van der Waals surface area contributed by atoms with Crippen LogP contribution in [0.5, 0.6) is 17.2 Å². The molecule has 2 heterocycles. The number of hydrogen-bond donors (Lipinski definition) is 1. The predicted molar refractivity (Wildman–Crippen MR) is 104 cm³/mol. The summed E-state index contributed by atoms with van der Waals surface area (Å²) < 4.78 is 16.5. The minimum atomic E-state index is -0.819. The summed E-state index contributed by atoms with van der Waals surface area (Å²) in [6.45, 7) is 0.662. The van der Waals surface area contributed by atoms with E-state index in [1.807, 2.05) is 29.2 Å². The Balaban J connectivity index is 2.19. The highest BCUT2D eigenvalue weighted by Crippen LogP contribution is 2.43. The third kappa shape index (κ3) is 3.89. The summed E-state index contributed by atoms with van der Waals surface area (Å²) >= 11 is 0. The number of hydrogen-bond acceptors (Lipinski definition) is 6. The normalized spacial score (nSPS) is 18.3. The van der Waals surface area contributed by atoms with E-state index in [0.717, 1.165) is 24.1 Å². The van der Waals surface area contributed by atoms with Crippen LogP contribution in [0.4, 0.5) is 0 Å². The number of pyridine rings is 1. The van der Waals surface area contributed by atoms with Crippen molar-refractivity contribution in [1.82, 2.24) is 9.88 Å². The van der Waals surface area contributed by atoms with Crippen LogP contribution in [0.3, 0.4) is 0 Å². The largest absolute Gasteiger partial charge is 0.496 e. The fourth-order valence-electron chi connectivity index (χ4n) is 3.84. The van der Waals surface area contributed by atoms with Gasteiger partial charge in [0.25, 0.3) is 0 Å². The van der Waals surface area contributed by atoms with E-state index in [1.165, 1.54) is 0 Å². The molecule has 3 rings (SSSR count). The van der Waals surface area contributed by atoms with Crippen molar-refractivity contribution in [1.29, 1.82) is 0 Å². The zero-order valence-electron chi connectivity index (χ0n) is 16.4. The molecule has 7 heteroatoms. The Morgan fingerprint density at radius 2 is 1.82 bits per heavy atom. The van der Waals surface area contributed by atoms with Gasteiger partial charge < -0.3 is 19.3 Å². The molecule has 28 heavy (non-hydrogen) atoms. The van der Waals surface area contributed by atoms with Crippen LogP contribution in [0.25, 0.3) is 0 Å². The first-order chi connectivity index (χ1) is 13.6. The summed E-state index contributed by atoms with van der Waals surface area (Å²) in [7, 11) is 4.73. The summed E-state index contributed by atoms with van der Waals surface area (Å²) in [5, 5.41) is 9.82. The van der Waals surface area contributed by atoms with Crippen molar-refractivity contribution in [2.75, 3.05) is 27.9 Å². The van der Waals surface area contributed by atoms with E-state index in [2.05, 4.69) is 4.98 Å². The molecule has 1 aliphatic rings. The fraction of sp³-hybridized carbons (Fsp3) is 0.429. The topological polar surface area (TPSA) is 81.1 Å². The van der Waals surface area contributed by atoms with Gasteiger partial charge in [-0.05, 0) is 37.6 Å². The molecule has 150 valence electrons. The first-order valence-corrected chi connectivity index (χ1v) is 9.30. The van der Waals surface area contributed by atoms with E-state index < -0.39 is 12.0 Å². The van der Waals surface area contributed by atoms with Gasteiger partial charge in [0.1, 0.15) is 11.8 Å². The van der Waals surface area contributed by atoms with Crippen LogP contribution >= 0.6 is 0 Å². The van der Waals surface area contributed by atoms with Gasteiger partial charge in [0.05, 0.1) is 33.1 Å². The number of ether oxygens (including phenoxy) is 3. The average molecular weight is 386 g/mol. The highest BCUT2D eigenvalue weighted by atomic mass is 16.5. The lowest BCUT2D eigenvalue weighted by Crippen LogP contribution is -2.47. The lowest BCUT2D eigenvalue weighted by Gasteiger charge is -2.39. The molecule has 1 aliphatic heterocycles. The van der Waals surface area contributed by atoms with Crippen molar-refractivity contribution in [3.63, 3.8) is 0 Å². The number of rotatable bonds is 7. The molecular weight excluding hydrogens is 360 g/mol. The lowest BCUT2D eigenvalue weighted by molar-refractivity contribution is -0.145. The molecule has 2 aromatic rings. The molecule has 1 aromatic heterocycles. The van der Waals surface area contributed by atoms with Gasteiger partial charge in [-0.1, -0.05) is 12.5 Å². The third-order valence-electron chi connectivity index (χ3n) is 5.16. The number of carboxylic acid groups (broad SMARTS) is 1. The van der Waals surface area contributed by atoms with Crippen LogP contribution in [-0.4, -0.2) is 54.9 Å². The maximum atomic E-state index is 12.0. The van der Waals surface area contributed by atoms with Crippen LogP contribution in [0.15, 0.2) is 36.5 Å². The van der Waals surface area contributed by atoms with Crippen LogP contribution in [0.2, 0.25) is 0 Å². The zero-order valence-corrected chi connectivity index (χ0v) is 16.4. The molecule has 0 saturated carbocycles. The van der Waals surface area contributed by atoms with Gasteiger partial charge in [0.15, 0.2) is 11.5 Å². The van der Waals surface area contributed by atoms with Gasteiger partial charge in [-0.2, -0.15) is 0 Å². The molecule has 1 aromatic carbocycles. The van der Waals surface area contributed by atoms with E-state index in [-0.39, 0.29) is 6.04 Å². The van der Waals surface area contributed by atoms with Crippen LogP contribution in [0.1, 0.15) is 36.6 Å². The Bertz CT molecular complexity index is 812. The Labute approximate surface area is 164 Å². The molecule has 0 amide bonds. The first kappa shape index (κ1) is 19.9. The third-order valence-corrected chi connectivity index (χ3v) is 5.16. The monoisotopic (exact) mass is 386 g/mol. The van der Waals surface area contributed by atoms with Crippen LogP contribution < -0.4 is 14.2 Å². The second kappa shape index (κ2) is 8.93. The van der Waals surface area contributed by atoms with Gasteiger partial charge in [-0.25, -0.2) is 0 Å². The minimum Gasteiger partial charge on any atom is -0.496 e. The second-order valence-electron chi connectivity index (χ2n) is 6.69. The number of aromatic nitrogens is 1. The van der Waals surface area contributed by atoms with E-state index in [1.54, 1.807) is 33.6 Å². The number of piperidine rings is 1. The molecule has 2 unspecified atom stereocenters. The summed E-state index contributed by atoms with van der Waals surface area (Å²) in [4.78, 5) is 18.5. The van der Waals surface area contributed by atoms with Gasteiger partial charge in [-0.15, -0.1) is 0 Å². The van der Waals surface area contributed by atoms with Gasteiger partial charge in [-0.3, -0.25) is 14.7 Å². The minimum absolute atomic E-state index is 0.377. The van der Waals surface area contributed by atoms with Crippen molar-refractivity contribution < 1.29 is 24.1 Å². The highest BCUT2D eigenvalue weighted by Gasteiger charge is 2.37. The average Bonchev–Trinajstić information content (AvgIpc) is 2.74. The molecule has 0 bridgehead atoms. The van der Waals surface area contributed by atoms with Crippen molar-refractivity contribution in [3.05, 3.63) is 47.8 Å². The lowest BCUT2D eigenvalue weighted by atomic mass is 9.93. The quantitative estimate of drug-likeness (QED) is 0.783. The number of likely N-dealkylation sites (tertiary alicyclic amines) is 1. The summed E-state index contributed by atoms with van der Waals surface area (Å²) in [5.41, 5.74) is 1.56. The number of carboxylic acids is 1. The van der Waals surface area contributed by atoms with Crippen molar-refractivity contribution in [2.24, 2.45) is 0 Å². The summed E-state index contributed by atoms with van der Waals surface area (Å²) in [6, 6.07) is 8.32. The molecule has 7 nitrogen and oxygen atoms in total. The summed E-state index contributed by atoms with van der Waals surface area (Å²) in [6.07, 6.45) is 4.15. The van der Waals surface area contributed by atoms with Gasteiger partial charge in [0, 0.05) is 17.8 Å². The highest BCUT2D eigenvalue weighted by molar-refractivity contribution is 5.74. The standard InChI is InChI=1S/C21H26N2O5/c1-26-17-13-19(28-3)18(27-2)12-14(17)20(15-8-4-6-10-22-15)23-11-7-5-9-16(23)21(24)25/h4,6,8,10,12-13,16,20H,5,7,9,11H2,1-3H3,(H,24,25). The molecule has 0 aliphatic carbocycles. The molecule has 1 N–H and O–H groups in total. The first-order valence-electron chi connectivity index (χ1n) is 9.30. The molecule has 1 saturated heterocycles. The number of nitrogens with zero attached hydrogens (tertiary/aromatic N) is 2. The van der Waals surface area contributed by atoms with Gasteiger partial charge in [0.2, 0.25) is 0 Å². The van der Waals surface area contributed by atoms with Crippen LogP contribution in [-0.2, 0) is 4.79 Å². The molecule has 0 spiro atoms. The number of benzene rings is 1. The molecule has 0 radical (unpaired) electrons. The Kier molecular flexibility index (Phi) is 6.36. The van der Waals surface area contributed by atoms with E-state index in [0.29, 0.717) is 30.2 Å². The SMILES string of the molecule is COc1cc(OC)c(C(c2ccccn2)N2CCCCC2C(=O)O)cc1OC. The number of aliphatic carboxylic acids is 1. The van der Waals surface area contributed by atoms with Crippen LogP contribution in [0, 0.1) is 0 Å². The fourth-order valence-corrected chi connectivity index (χ4v) is 3.84. The Hall–Kier alpha value is -2.80. The maximum Gasteiger partial charge on any atom is 0.320 e. The van der Waals surface area contributed by atoms with Crippen molar-refractivity contribution in [2.45, 2.75) is 31.3 Å². The Morgan fingerprint density at radius 3 is 2.43 bits per heavy atom. The number of methoxy groups -OCH3 is 3. The Morgan fingerprint density at radius 1 is 1.11 bits per heavy atom.